The van der Waals surface area contributed by atoms with Gasteiger partial charge in [0.1, 0.15) is 0 Å². The Bertz CT molecular complexity index is 851. The molecule has 1 saturated heterocycles. The highest BCUT2D eigenvalue weighted by molar-refractivity contribution is 7.84. The highest BCUT2D eigenvalue weighted by Crippen LogP contribution is 2.35. The molecule has 2 heterocycles. The van der Waals surface area contributed by atoms with E-state index in [1.54, 1.807) is 10.9 Å². The van der Waals surface area contributed by atoms with Gasteiger partial charge in [-0.15, -0.1) is 5.10 Å². The number of rotatable bonds is 6. The second-order valence-corrected chi connectivity index (χ2v) is 10.6. The van der Waals surface area contributed by atoms with Crippen molar-refractivity contribution in [1.82, 2.24) is 19.9 Å². The summed E-state index contributed by atoms with van der Waals surface area (Å²) in [4.78, 5) is 2.64. The van der Waals surface area contributed by atoms with E-state index in [4.69, 9.17) is 16.3 Å². The zero-order valence-electron chi connectivity index (χ0n) is 17.7. The maximum absolute atomic E-state index is 11.8. The minimum absolute atomic E-state index is 0.0509. The summed E-state index contributed by atoms with van der Waals surface area (Å²) in [7, 11) is 1.08. The lowest BCUT2D eigenvalue weighted by Crippen LogP contribution is -2.56. The molecule has 1 aliphatic carbocycles. The van der Waals surface area contributed by atoms with Crippen molar-refractivity contribution in [3.05, 3.63) is 46.7 Å². The van der Waals surface area contributed by atoms with E-state index in [2.05, 4.69) is 33.5 Å². The number of ether oxygens (including phenoxy) is 1. The van der Waals surface area contributed by atoms with E-state index < -0.39 is 10.8 Å². The van der Waals surface area contributed by atoms with Gasteiger partial charge in [-0.2, -0.15) is 0 Å². The first-order valence-corrected chi connectivity index (χ1v) is 12.9. The van der Waals surface area contributed by atoms with Gasteiger partial charge in [0.05, 0.1) is 24.2 Å². The molecule has 3 atom stereocenters. The minimum Gasteiger partial charge on any atom is -0.374 e. The lowest BCUT2D eigenvalue weighted by molar-refractivity contribution is -0.0753. The summed E-state index contributed by atoms with van der Waals surface area (Å²) in [6.07, 6.45) is 9.39. The zero-order valence-corrected chi connectivity index (χ0v) is 19.3. The maximum atomic E-state index is 11.8. The van der Waals surface area contributed by atoms with Gasteiger partial charge < -0.3 is 4.74 Å². The predicted molar refractivity (Wildman–Crippen MR) is 120 cm³/mol. The summed E-state index contributed by atoms with van der Waals surface area (Å²) in [5, 5.41) is 9.21. The van der Waals surface area contributed by atoms with E-state index in [9.17, 15) is 4.21 Å². The van der Waals surface area contributed by atoms with Gasteiger partial charge in [-0.05, 0) is 49.8 Å². The Morgan fingerprint density at radius 3 is 2.57 bits per heavy atom. The lowest BCUT2D eigenvalue weighted by Gasteiger charge is -2.46. The summed E-state index contributed by atoms with van der Waals surface area (Å²) in [5.74, 6) is 1.11. The third-order valence-corrected chi connectivity index (χ3v) is 7.51. The molecule has 30 heavy (non-hydrogen) atoms. The van der Waals surface area contributed by atoms with E-state index in [1.165, 1.54) is 5.56 Å². The number of benzene rings is 1. The van der Waals surface area contributed by atoms with Gasteiger partial charge in [-0.1, -0.05) is 28.9 Å². The smallest absolute Gasteiger partial charge is 0.0857 e. The van der Waals surface area contributed by atoms with Crippen molar-refractivity contribution in [3.8, 4) is 0 Å². The van der Waals surface area contributed by atoms with E-state index >= 15 is 0 Å². The molecule has 3 unspecified atom stereocenters. The maximum Gasteiger partial charge on any atom is 0.0857 e. The van der Waals surface area contributed by atoms with Crippen molar-refractivity contribution in [2.45, 2.75) is 56.2 Å². The summed E-state index contributed by atoms with van der Waals surface area (Å²) >= 11 is 6.06. The molecule has 1 aromatic heterocycles. The second-order valence-electron chi connectivity index (χ2n) is 8.70. The number of aryl methyl sites for hydroxylation is 1. The fourth-order valence-electron chi connectivity index (χ4n) is 4.91. The largest absolute Gasteiger partial charge is 0.374 e. The SMILES string of the molecule is Cn1cc(C2CCC(N3CC(CS(C)=O)OCC3Cc3ccc(Cl)cc3)CC2)nn1. The second kappa shape index (κ2) is 9.90. The van der Waals surface area contributed by atoms with Gasteiger partial charge in [0.2, 0.25) is 0 Å². The molecule has 164 valence electrons. The molecule has 2 aliphatic rings. The highest BCUT2D eigenvalue weighted by atomic mass is 35.5. The number of hydrogen-bond donors (Lipinski definition) is 0. The zero-order chi connectivity index (χ0) is 21.1. The van der Waals surface area contributed by atoms with Gasteiger partial charge in [-0.25, -0.2) is 0 Å². The van der Waals surface area contributed by atoms with Gasteiger partial charge in [0, 0.05) is 59.9 Å². The summed E-state index contributed by atoms with van der Waals surface area (Å²) in [6.45, 7) is 1.55. The Kier molecular flexibility index (Phi) is 7.24. The standard InChI is InChI=1S/C22H31ClN4O2S/c1-26-13-22(24-25-26)17-5-9-19(10-6-17)27-12-21(15-30(2)28)29-14-20(27)11-16-3-7-18(23)8-4-16/h3-4,7-8,13,17,19-21H,5-6,9-12,14-15H2,1-2H3. The van der Waals surface area contributed by atoms with E-state index in [0.717, 1.165) is 49.4 Å². The predicted octanol–water partition coefficient (Wildman–Crippen LogP) is 3.19. The van der Waals surface area contributed by atoms with Crippen LogP contribution in [-0.2, 0) is 29.0 Å². The molecule has 0 N–H and O–H groups in total. The van der Waals surface area contributed by atoms with E-state index in [1.807, 2.05) is 19.2 Å². The molecular formula is C22H31ClN4O2S. The molecule has 6 nitrogen and oxygen atoms in total. The highest BCUT2D eigenvalue weighted by Gasteiger charge is 2.36. The van der Waals surface area contributed by atoms with Crippen LogP contribution in [0.3, 0.4) is 0 Å². The molecule has 1 saturated carbocycles. The normalized spacial score (nSPS) is 29.0. The number of nitrogens with zero attached hydrogens (tertiary/aromatic N) is 4. The first-order chi connectivity index (χ1) is 14.5. The molecule has 0 amide bonds. The average Bonchev–Trinajstić information content (AvgIpc) is 3.17. The van der Waals surface area contributed by atoms with Crippen molar-refractivity contribution in [2.75, 3.05) is 25.2 Å². The van der Waals surface area contributed by atoms with Crippen molar-refractivity contribution in [1.29, 1.82) is 0 Å². The van der Waals surface area contributed by atoms with Crippen LogP contribution in [0.2, 0.25) is 5.02 Å². The number of aromatic nitrogens is 3. The molecule has 4 rings (SSSR count). The van der Waals surface area contributed by atoms with Crippen LogP contribution in [0.1, 0.15) is 42.9 Å². The van der Waals surface area contributed by atoms with Crippen LogP contribution in [0.4, 0.5) is 0 Å². The molecule has 0 bridgehead atoms. The first kappa shape index (κ1) is 21.9. The van der Waals surface area contributed by atoms with Gasteiger partial charge in [-0.3, -0.25) is 13.8 Å². The first-order valence-electron chi connectivity index (χ1n) is 10.8. The molecule has 8 heteroatoms. The summed E-state index contributed by atoms with van der Waals surface area (Å²) in [6, 6.07) is 9.01. The monoisotopic (exact) mass is 450 g/mol. The Morgan fingerprint density at radius 1 is 1.20 bits per heavy atom. The van der Waals surface area contributed by atoms with Crippen LogP contribution >= 0.6 is 11.6 Å². The Morgan fingerprint density at radius 2 is 1.93 bits per heavy atom. The Balaban J connectivity index is 1.44. The van der Waals surface area contributed by atoms with Crippen molar-refractivity contribution in [2.24, 2.45) is 7.05 Å². The van der Waals surface area contributed by atoms with Gasteiger partial charge in [0.25, 0.3) is 0 Å². The third kappa shape index (κ3) is 5.49. The molecular weight excluding hydrogens is 420 g/mol. The fourth-order valence-corrected chi connectivity index (χ4v) is 5.77. The lowest BCUT2D eigenvalue weighted by atomic mass is 9.82. The number of halogens is 1. The van der Waals surface area contributed by atoms with Crippen LogP contribution in [-0.4, -0.2) is 67.5 Å². The van der Waals surface area contributed by atoms with Crippen LogP contribution in [0.15, 0.2) is 30.5 Å². The van der Waals surface area contributed by atoms with Gasteiger partial charge in [0.15, 0.2) is 0 Å². The van der Waals surface area contributed by atoms with Crippen molar-refractivity contribution < 1.29 is 8.95 Å². The molecule has 2 fully saturated rings. The van der Waals surface area contributed by atoms with Crippen LogP contribution in [0, 0.1) is 0 Å². The van der Waals surface area contributed by atoms with Crippen molar-refractivity contribution in [3.63, 3.8) is 0 Å². The Labute approximate surface area is 186 Å². The van der Waals surface area contributed by atoms with E-state index in [0.29, 0.717) is 30.4 Å². The van der Waals surface area contributed by atoms with Crippen LogP contribution in [0.25, 0.3) is 0 Å². The average molecular weight is 451 g/mol. The van der Waals surface area contributed by atoms with Crippen molar-refractivity contribution >= 4 is 22.4 Å². The summed E-state index contributed by atoms with van der Waals surface area (Å²) in [5.41, 5.74) is 2.40. The Hall–Kier alpha value is -1.28. The summed E-state index contributed by atoms with van der Waals surface area (Å²) < 4.78 is 19.7. The molecule has 1 aliphatic heterocycles. The van der Waals surface area contributed by atoms with Gasteiger partial charge >= 0.3 is 0 Å². The van der Waals surface area contributed by atoms with E-state index in [-0.39, 0.29) is 6.10 Å². The topological polar surface area (TPSA) is 60.2 Å². The van der Waals surface area contributed by atoms with Crippen LogP contribution in [0.5, 0.6) is 0 Å². The minimum atomic E-state index is -0.847. The molecule has 2 aromatic rings. The number of hydrogen-bond acceptors (Lipinski definition) is 5. The van der Waals surface area contributed by atoms with Crippen LogP contribution < -0.4 is 0 Å². The fraction of sp³-hybridized carbons (Fsp3) is 0.636. The molecule has 0 radical (unpaired) electrons. The molecule has 0 spiro atoms. The third-order valence-electron chi connectivity index (χ3n) is 6.42. The number of morpholine rings is 1. The quantitative estimate of drug-likeness (QED) is 0.676. The molecule has 1 aromatic carbocycles.